The molecule has 1 amide bonds. The molecule has 0 saturated carbocycles. The van der Waals surface area contributed by atoms with Gasteiger partial charge in [-0.1, -0.05) is 12.1 Å². The number of carbonyl (C=O) groups excluding carboxylic acids is 1. The van der Waals surface area contributed by atoms with Crippen LogP contribution < -0.4 is 0 Å². The summed E-state index contributed by atoms with van der Waals surface area (Å²) in [4.78, 5) is 30.4. The number of amides is 1. The molecule has 1 fully saturated rings. The van der Waals surface area contributed by atoms with Crippen LogP contribution in [0.4, 0.5) is 4.39 Å². The van der Waals surface area contributed by atoms with Crippen LogP contribution in [-0.4, -0.2) is 42.0 Å². The Hall–Kier alpha value is -1.98. The van der Waals surface area contributed by atoms with E-state index in [1.54, 1.807) is 17.0 Å². The molecule has 1 heterocycles. The van der Waals surface area contributed by atoms with E-state index in [0.29, 0.717) is 30.9 Å². The maximum Gasteiger partial charge on any atom is 0.260 e. The van der Waals surface area contributed by atoms with Crippen molar-refractivity contribution in [2.24, 2.45) is 0 Å². The van der Waals surface area contributed by atoms with Crippen LogP contribution in [0, 0.1) is 10.7 Å². The molecule has 6 heteroatoms. The molecule has 1 saturated heterocycles. The topological polar surface area (TPSA) is 49.6 Å². The molecule has 0 radical (unpaired) electrons. The lowest BCUT2D eigenvalue weighted by molar-refractivity contribution is -0.821. The summed E-state index contributed by atoms with van der Waals surface area (Å²) in [7, 11) is 1.35. The number of piperidine rings is 1. The van der Waals surface area contributed by atoms with Gasteiger partial charge in [-0.2, -0.15) is 0 Å². The molecule has 0 aliphatic carbocycles. The van der Waals surface area contributed by atoms with E-state index in [0.717, 1.165) is 5.56 Å². The van der Waals surface area contributed by atoms with E-state index < -0.39 is 0 Å². The SMILES string of the molecule is CO[N+](=O)C1CCN(C(=O)Cc2ccc(F)cc2)CC1. The third-order valence-electron chi connectivity index (χ3n) is 3.56. The predicted molar refractivity (Wildman–Crippen MR) is 70.3 cm³/mol. The van der Waals surface area contributed by atoms with E-state index >= 15 is 0 Å². The fourth-order valence-electron chi connectivity index (χ4n) is 2.36. The zero-order valence-electron chi connectivity index (χ0n) is 11.4. The highest BCUT2D eigenvalue weighted by atomic mass is 19.1. The van der Waals surface area contributed by atoms with Crippen molar-refractivity contribution >= 4 is 5.91 Å². The highest BCUT2D eigenvalue weighted by molar-refractivity contribution is 5.78. The van der Waals surface area contributed by atoms with Gasteiger partial charge in [0.2, 0.25) is 10.8 Å². The molecule has 0 bridgehead atoms. The molecule has 0 atom stereocenters. The summed E-state index contributed by atoms with van der Waals surface area (Å²) in [5.74, 6) is -0.304. The third kappa shape index (κ3) is 3.53. The van der Waals surface area contributed by atoms with Crippen molar-refractivity contribution < 1.29 is 18.9 Å². The average molecular weight is 281 g/mol. The van der Waals surface area contributed by atoms with Crippen LogP contribution in [0.3, 0.4) is 0 Å². The summed E-state index contributed by atoms with van der Waals surface area (Å²) in [6, 6.07) is 5.75. The number of nitrogens with zero attached hydrogens (tertiary/aromatic N) is 2. The molecule has 0 unspecified atom stereocenters. The fourth-order valence-corrected chi connectivity index (χ4v) is 2.36. The molecular formula is C14H18FN2O3+. The Bertz CT molecular complexity index is 482. The van der Waals surface area contributed by atoms with Crippen molar-refractivity contribution in [1.29, 1.82) is 0 Å². The largest absolute Gasteiger partial charge is 0.342 e. The van der Waals surface area contributed by atoms with Crippen molar-refractivity contribution in [2.45, 2.75) is 25.3 Å². The maximum atomic E-state index is 12.8. The van der Waals surface area contributed by atoms with Gasteiger partial charge in [-0.25, -0.2) is 9.23 Å². The van der Waals surface area contributed by atoms with Crippen LogP contribution in [0.1, 0.15) is 18.4 Å². The highest BCUT2D eigenvalue weighted by Crippen LogP contribution is 2.15. The van der Waals surface area contributed by atoms with Gasteiger partial charge < -0.3 is 4.90 Å². The third-order valence-corrected chi connectivity index (χ3v) is 3.56. The monoisotopic (exact) mass is 281 g/mol. The van der Waals surface area contributed by atoms with Crippen molar-refractivity contribution in [3.63, 3.8) is 0 Å². The summed E-state index contributed by atoms with van der Waals surface area (Å²) >= 11 is 0. The predicted octanol–water partition coefficient (Wildman–Crippen LogP) is 1.70. The molecule has 2 rings (SSSR count). The molecule has 5 nitrogen and oxygen atoms in total. The van der Waals surface area contributed by atoms with Crippen LogP contribution in [0.25, 0.3) is 0 Å². The number of likely N-dealkylation sites (tertiary alicyclic amines) is 1. The van der Waals surface area contributed by atoms with Crippen LogP contribution in [0.2, 0.25) is 0 Å². The van der Waals surface area contributed by atoms with Gasteiger partial charge in [0, 0.05) is 25.9 Å². The quantitative estimate of drug-likeness (QED) is 0.789. The van der Waals surface area contributed by atoms with E-state index in [1.807, 2.05) is 0 Å². The second kappa shape index (κ2) is 6.45. The number of hydrogen-bond acceptors (Lipinski definition) is 3. The number of halogens is 1. The minimum Gasteiger partial charge on any atom is -0.342 e. The normalized spacial score (nSPS) is 16.0. The number of hydrogen-bond donors (Lipinski definition) is 0. The Morgan fingerprint density at radius 1 is 1.35 bits per heavy atom. The summed E-state index contributed by atoms with van der Waals surface area (Å²) in [6.07, 6.45) is 1.47. The van der Waals surface area contributed by atoms with Crippen LogP contribution in [0.15, 0.2) is 24.3 Å². The van der Waals surface area contributed by atoms with Crippen LogP contribution >= 0.6 is 0 Å². The van der Waals surface area contributed by atoms with E-state index in [-0.39, 0.29) is 24.2 Å². The average Bonchev–Trinajstić information content (AvgIpc) is 2.49. The minimum atomic E-state index is -0.308. The van der Waals surface area contributed by atoms with E-state index in [4.69, 9.17) is 0 Å². The number of benzene rings is 1. The van der Waals surface area contributed by atoms with Crippen molar-refractivity contribution in [3.05, 3.63) is 40.6 Å². The molecule has 20 heavy (non-hydrogen) atoms. The first-order valence-corrected chi connectivity index (χ1v) is 6.63. The molecular weight excluding hydrogens is 263 g/mol. The Morgan fingerprint density at radius 3 is 2.50 bits per heavy atom. The van der Waals surface area contributed by atoms with Gasteiger partial charge in [0.25, 0.3) is 6.04 Å². The van der Waals surface area contributed by atoms with Crippen molar-refractivity contribution in [1.82, 2.24) is 4.90 Å². The van der Waals surface area contributed by atoms with E-state index in [9.17, 15) is 14.1 Å². The smallest absolute Gasteiger partial charge is 0.260 e. The van der Waals surface area contributed by atoms with Gasteiger partial charge >= 0.3 is 0 Å². The molecule has 1 aliphatic heterocycles. The second-order valence-corrected chi connectivity index (χ2v) is 4.88. The minimum absolute atomic E-state index is 0.00456. The van der Waals surface area contributed by atoms with Gasteiger partial charge in [-0.15, -0.1) is 0 Å². The van der Waals surface area contributed by atoms with Gasteiger partial charge in [0.15, 0.2) is 7.11 Å². The summed E-state index contributed by atoms with van der Waals surface area (Å²) in [6.45, 7) is 1.10. The van der Waals surface area contributed by atoms with Gasteiger partial charge in [0.05, 0.1) is 11.3 Å². The summed E-state index contributed by atoms with van der Waals surface area (Å²) in [5.41, 5.74) is 0.792. The molecule has 1 aromatic rings. The second-order valence-electron chi connectivity index (χ2n) is 4.88. The lowest BCUT2D eigenvalue weighted by atomic mass is 10.0. The van der Waals surface area contributed by atoms with Crippen molar-refractivity contribution in [3.8, 4) is 0 Å². The zero-order valence-corrected chi connectivity index (χ0v) is 11.4. The van der Waals surface area contributed by atoms with Gasteiger partial charge in [0.1, 0.15) is 5.82 Å². The number of rotatable bonds is 4. The maximum absolute atomic E-state index is 12.8. The van der Waals surface area contributed by atoms with E-state index in [1.165, 1.54) is 19.2 Å². The standard InChI is InChI=1S/C14H18FN2O3/c1-20-17(19)13-6-8-16(9-7-13)14(18)10-11-2-4-12(15)5-3-11/h2-5,13H,6-10H2,1H3/q+1. The molecule has 0 aromatic heterocycles. The fraction of sp³-hybridized carbons (Fsp3) is 0.500. The van der Waals surface area contributed by atoms with Gasteiger partial charge in [-0.05, 0) is 17.7 Å². The molecule has 108 valence electrons. The molecule has 1 aliphatic rings. The first kappa shape index (κ1) is 14.4. The van der Waals surface area contributed by atoms with Crippen molar-refractivity contribution in [2.75, 3.05) is 20.2 Å². The molecule has 0 spiro atoms. The van der Waals surface area contributed by atoms with Crippen LogP contribution in [0.5, 0.6) is 0 Å². The lowest BCUT2D eigenvalue weighted by Crippen LogP contribution is -2.43. The van der Waals surface area contributed by atoms with Gasteiger partial charge in [-0.3, -0.25) is 4.79 Å². The lowest BCUT2D eigenvalue weighted by Gasteiger charge is -2.27. The van der Waals surface area contributed by atoms with Crippen LogP contribution in [-0.2, 0) is 16.1 Å². The van der Waals surface area contributed by atoms with E-state index in [2.05, 4.69) is 4.84 Å². The Kier molecular flexibility index (Phi) is 4.65. The first-order chi connectivity index (χ1) is 9.60. The zero-order chi connectivity index (χ0) is 14.5. The molecule has 1 aromatic carbocycles. The number of carbonyl (C=O) groups is 1. The summed E-state index contributed by atoms with van der Waals surface area (Å²) in [5, 5.41) is 0. The summed E-state index contributed by atoms with van der Waals surface area (Å²) < 4.78 is 12.8. The molecule has 0 N–H and O–H groups in total. The highest BCUT2D eigenvalue weighted by Gasteiger charge is 2.33. The Labute approximate surface area is 116 Å². The Morgan fingerprint density at radius 2 is 1.95 bits per heavy atom. The Balaban J connectivity index is 1.85. The first-order valence-electron chi connectivity index (χ1n) is 6.63.